The van der Waals surface area contributed by atoms with E-state index in [2.05, 4.69) is 28.7 Å². The minimum Gasteiger partial charge on any atom is -0.444 e. The molecule has 0 aromatic heterocycles. The Balaban J connectivity index is 2.00. The topological polar surface area (TPSA) is 53.1 Å². The molecule has 0 unspecified atom stereocenters. The van der Waals surface area contributed by atoms with Crippen molar-refractivity contribution < 1.29 is 14.3 Å². The van der Waals surface area contributed by atoms with Crippen molar-refractivity contribution in [1.82, 2.24) is 9.80 Å². The summed E-state index contributed by atoms with van der Waals surface area (Å²) in [6.45, 7) is 11.5. The number of anilines is 1. The summed E-state index contributed by atoms with van der Waals surface area (Å²) in [5.74, 6) is 0.0627. The van der Waals surface area contributed by atoms with E-state index in [1.807, 2.05) is 69.7 Å². The van der Waals surface area contributed by atoms with Crippen LogP contribution in [0, 0.1) is 3.57 Å². The Kier molecular flexibility index (Phi) is 6.65. The van der Waals surface area contributed by atoms with Gasteiger partial charge in [-0.05, 0) is 75.4 Å². The molecule has 0 N–H and O–H groups in total. The summed E-state index contributed by atoms with van der Waals surface area (Å²) in [6.07, 6.45) is -0.315. The number of amides is 2. The molecule has 2 amide bonds. The lowest BCUT2D eigenvalue weighted by Gasteiger charge is -2.42. The molecule has 0 aliphatic carbocycles. The van der Waals surface area contributed by atoms with E-state index in [1.54, 1.807) is 4.90 Å². The van der Waals surface area contributed by atoms with E-state index >= 15 is 0 Å². The van der Waals surface area contributed by atoms with Crippen LogP contribution in [0.3, 0.4) is 0 Å². The van der Waals surface area contributed by atoms with Gasteiger partial charge in [-0.3, -0.25) is 4.79 Å². The largest absolute Gasteiger partial charge is 0.444 e. The summed E-state index contributed by atoms with van der Waals surface area (Å²) >= 11 is 2.27. The van der Waals surface area contributed by atoms with Crippen LogP contribution >= 0.6 is 22.6 Å². The van der Waals surface area contributed by atoms with Gasteiger partial charge in [-0.2, -0.15) is 0 Å². The van der Waals surface area contributed by atoms with Crippen molar-refractivity contribution >= 4 is 40.3 Å². The van der Waals surface area contributed by atoms with Crippen LogP contribution in [0.25, 0.3) is 0 Å². The average molecular weight is 487 g/mol. The van der Waals surface area contributed by atoms with Gasteiger partial charge in [-0.1, -0.05) is 6.07 Å². The Morgan fingerprint density at radius 1 is 1.04 bits per heavy atom. The van der Waals surface area contributed by atoms with E-state index in [4.69, 9.17) is 4.74 Å². The first kappa shape index (κ1) is 21.8. The molecule has 1 fully saturated rings. The Bertz CT molecular complexity index is 692. The van der Waals surface area contributed by atoms with E-state index < -0.39 is 11.1 Å². The minimum atomic E-state index is -0.682. The molecule has 6 nitrogen and oxygen atoms in total. The number of hydrogen-bond acceptors (Lipinski definition) is 4. The summed E-state index contributed by atoms with van der Waals surface area (Å²) < 4.78 is 6.55. The van der Waals surface area contributed by atoms with Gasteiger partial charge in [-0.25, -0.2) is 4.79 Å². The van der Waals surface area contributed by atoms with Crippen molar-refractivity contribution in [3.05, 3.63) is 27.8 Å². The van der Waals surface area contributed by atoms with Gasteiger partial charge in [0.25, 0.3) is 0 Å². The maximum atomic E-state index is 13.2. The number of benzene rings is 1. The number of piperazine rings is 1. The maximum absolute atomic E-state index is 13.2. The third kappa shape index (κ3) is 5.49. The number of nitrogens with zero attached hydrogens (tertiary/aromatic N) is 3. The van der Waals surface area contributed by atoms with Crippen LogP contribution in [0.15, 0.2) is 24.3 Å². The quantitative estimate of drug-likeness (QED) is 0.612. The number of carbonyl (C=O) groups excluding carboxylic acids is 2. The van der Waals surface area contributed by atoms with Gasteiger partial charge in [0.1, 0.15) is 11.1 Å². The highest BCUT2D eigenvalue weighted by Crippen LogP contribution is 2.26. The number of halogens is 1. The van der Waals surface area contributed by atoms with Crippen LogP contribution in [-0.4, -0.2) is 66.2 Å². The summed E-state index contributed by atoms with van der Waals surface area (Å²) in [4.78, 5) is 30.9. The first-order chi connectivity index (χ1) is 12.4. The van der Waals surface area contributed by atoms with Gasteiger partial charge in [0, 0.05) is 42.5 Å². The minimum absolute atomic E-state index is 0.0627. The molecule has 0 spiro atoms. The Labute approximate surface area is 176 Å². The third-order valence-corrected chi connectivity index (χ3v) is 5.45. The SMILES string of the molecule is CN(c1cccc(I)c1)C(C)(C)C(=O)N1CCN(C(=O)OC(C)(C)C)CC1. The molecule has 1 saturated heterocycles. The van der Waals surface area contributed by atoms with Crippen LogP contribution in [-0.2, 0) is 9.53 Å². The fraction of sp³-hybridized carbons (Fsp3) is 0.600. The van der Waals surface area contributed by atoms with E-state index in [-0.39, 0.29) is 12.0 Å². The van der Waals surface area contributed by atoms with E-state index in [1.165, 1.54) is 0 Å². The molecule has 2 rings (SSSR count). The molecule has 0 radical (unpaired) electrons. The van der Waals surface area contributed by atoms with Crippen molar-refractivity contribution in [2.24, 2.45) is 0 Å². The van der Waals surface area contributed by atoms with Gasteiger partial charge in [0.2, 0.25) is 5.91 Å². The van der Waals surface area contributed by atoms with E-state index in [0.717, 1.165) is 9.26 Å². The first-order valence-corrected chi connectivity index (χ1v) is 10.3. The monoisotopic (exact) mass is 487 g/mol. The molecule has 1 aromatic carbocycles. The zero-order valence-corrected chi connectivity index (χ0v) is 19.2. The molecule has 0 bridgehead atoms. The Morgan fingerprint density at radius 3 is 2.11 bits per heavy atom. The van der Waals surface area contributed by atoms with Crippen LogP contribution in [0.2, 0.25) is 0 Å². The molecule has 27 heavy (non-hydrogen) atoms. The van der Waals surface area contributed by atoms with Crippen LogP contribution in [0.5, 0.6) is 0 Å². The maximum Gasteiger partial charge on any atom is 0.410 e. The number of likely N-dealkylation sites (N-methyl/N-ethyl adjacent to an activating group) is 1. The molecular weight excluding hydrogens is 457 g/mol. The van der Waals surface area contributed by atoms with Gasteiger partial charge in [0.15, 0.2) is 0 Å². The fourth-order valence-electron chi connectivity index (χ4n) is 2.96. The zero-order chi connectivity index (χ0) is 20.4. The van der Waals surface area contributed by atoms with Crippen molar-refractivity contribution in [2.45, 2.75) is 45.8 Å². The van der Waals surface area contributed by atoms with E-state index in [0.29, 0.717) is 26.2 Å². The Hall–Kier alpha value is -1.51. The third-order valence-electron chi connectivity index (χ3n) is 4.78. The van der Waals surface area contributed by atoms with Crippen molar-refractivity contribution in [2.75, 3.05) is 38.1 Å². The van der Waals surface area contributed by atoms with Crippen LogP contribution in [0.4, 0.5) is 10.5 Å². The van der Waals surface area contributed by atoms with Crippen molar-refractivity contribution in [3.63, 3.8) is 0 Å². The van der Waals surface area contributed by atoms with Crippen LogP contribution < -0.4 is 4.90 Å². The number of rotatable bonds is 3. The highest BCUT2D eigenvalue weighted by molar-refractivity contribution is 14.1. The fourth-order valence-corrected chi connectivity index (χ4v) is 3.48. The second kappa shape index (κ2) is 8.24. The summed E-state index contributed by atoms with van der Waals surface area (Å²) in [5, 5.41) is 0. The number of hydrogen-bond donors (Lipinski definition) is 0. The lowest BCUT2D eigenvalue weighted by Crippen LogP contribution is -2.60. The van der Waals surface area contributed by atoms with Gasteiger partial charge >= 0.3 is 6.09 Å². The second-order valence-corrected chi connectivity index (χ2v) is 9.60. The summed E-state index contributed by atoms with van der Waals surface area (Å²) in [7, 11) is 1.94. The lowest BCUT2D eigenvalue weighted by molar-refractivity contribution is -0.137. The lowest BCUT2D eigenvalue weighted by atomic mass is 9.99. The van der Waals surface area contributed by atoms with Crippen LogP contribution in [0.1, 0.15) is 34.6 Å². The number of ether oxygens (including phenoxy) is 1. The van der Waals surface area contributed by atoms with Crippen molar-refractivity contribution in [1.29, 1.82) is 0 Å². The smallest absolute Gasteiger partial charge is 0.410 e. The van der Waals surface area contributed by atoms with E-state index in [9.17, 15) is 9.59 Å². The highest BCUT2D eigenvalue weighted by Gasteiger charge is 2.38. The predicted molar refractivity (Wildman–Crippen MR) is 116 cm³/mol. The standard InChI is InChI=1S/C20H30IN3O3/c1-19(2,3)27-18(26)24-12-10-23(11-13-24)17(25)20(4,5)22(6)16-9-7-8-15(21)14-16/h7-9,14H,10-13H2,1-6H3. The predicted octanol–water partition coefficient (Wildman–Crippen LogP) is 3.59. The normalized spacial score (nSPS) is 15.5. The second-order valence-electron chi connectivity index (χ2n) is 8.36. The molecule has 150 valence electrons. The van der Waals surface area contributed by atoms with Gasteiger partial charge < -0.3 is 19.4 Å². The van der Waals surface area contributed by atoms with Gasteiger partial charge in [-0.15, -0.1) is 0 Å². The summed E-state index contributed by atoms with van der Waals surface area (Å²) in [5.41, 5.74) is -0.187. The highest BCUT2D eigenvalue weighted by atomic mass is 127. The molecule has 0 saturated carbocycles. The molecular formula is C20H30IN3O3. The molecule has 7 heteroatoms. The first-order valence-electron chi connectivity index (χ1n) is 9.18. The van der Waals surface area contributed by atoms with Crippen molar-refractivity contribution in [3.8, 4) is 0 Å². The van der Waals surface area contributed by atoms with Gasteiger partial charge in [0.05, 0.1) is 0 Å². The molecule has 1 heterocycles. The zero-order valence-electron chi connectivity index (χ0n) is 17.1. The molecule has 0 atom stereocenters. The molecule has 1 aliphatic heterocycles. The molecule has 1 aromatic rings. The Morgan fingerprint density at radius 2 is 1.59 bits per heavy atom. The average Bonchev–Trinajstić information content (AvgIpc) is 2.59. The molecule has 1 aliphatic rings. The summed E-state index contributed by atoms with van der Waals surface area (Å²) in [6, 6.07) is 8.10. The number of carbonyl (C=O) groups is 2.